The summed E-state index contributed by atoms with van der Waals surface area (Å²) < 4.78 is 0. The van der Waals surface area contributed by atoms with Crippen LogP contribution in [0.1, 0.15) is 55.7 Å². The molecule has 0 saturated heterocycles. The fourth-order valence-corrected chi connectivity index (χ4v) is 3.90. The first-order chi connectivity index (χ1) is 8.84. The molecule has 1 fully saturated rings. The molecule has 3 rings (SSSR count). The van der Waals surface area contributed by atoms with Crippen LogP contribution in [0.5, 0.6) is 0 Å². The van der Waals surface area contributed by atoms with E-state index in [9.17, 15) is 0 Å². The molecule has 0 radical (unpaired) electrons. The van der Waals surface area contributed by atoms with E-state index in [0.717, 1.165) is 5.92 Å². The zero-order valence-electron chi connectivity index (χ0n) is 11.6. The monoisotopic (exact) mass is 243 g/mol. The van der Waals surface area contributed by atoms with E-state index in [-0.39, 0.29) is 0 Å². The van der Waals surface area contributed by atoms with E-state index in [4.69, 9.17) is 0 Å². The Balaban J connectivity index is 1.64. The minimum absolute atomic E-state index is 0.683. The van der Waals surface area contributed by atoms with Crippen molar-refractivity contribution in [3.8, 4) is 0 Å². The molecular weight excluding hydrogens is 218 g/mol. The fraction of sp³-hybridized carbons (Fsp3) is 0.647. The highest BCUT2D eigenvalue weighted by Crippen LogP contribution is 2.36. The highest BCUT2D eigenvalue weighted by molar-refractivity contribution is 5.34. The number of rotatable bonds is 3. The molecule has 1 nitrogen and oxygen atoms in total. The van der Waals surface area contributed by atoms with E-state index >= 15 is 0 Å². The van der Waals surface area contributed by atoms with Crippen LogP contribution >= 0.6 is 0 Å². The Morgan fingerprint density at radius 3 is 2.67 bits per heavy atom. The second-order valence-corrected chi connectivity index (χ2v) is 6.20. The van der Waals surface area contributed by atoms with E-state index in [1.54, 1.807) is 11.1 Å². The molecular formula is C17H25N. The Kier molecular flexibility index (Phi) is 3.69. The van der Waals surface area contributed by atoms with Gasteiger partial charge in [0.25, 0.3) is 0 Å². The summed E-state index contributed by atoms with van der Waals surface area (Å²) in [7, 11) is 2.33. The maximum atomic E-state index is 2.63. The largest absolute Gasteiger partial charge is 0.299 e. The summed E-state index contributed by atoms with van der Waals surface area (Å²) in [6.45, 7) is 1.30. The van der Waals surface area contributed by atoms with Crippen molar-refractivity contribution in [2.75, 3.05) is 13.6 Å². The smallest absolute Gasteiger partial charge is 0.0351 e. The molecule has 2 aliphatic rings. The minimum Gasteiger partial charge on any atom is -0.299 e. The van der Waals surface area contributed by atoms with Crippen LogP contribution in [-0.2, 0) is 6.42 Å². The summed E-state index contributed by atoms with van der Waals surface area (Å²) in [5.74, 6) is 0.955. The Labute approximate surface area is 111 Å². The highest BCUT2D eigenvalue weighted by atomic mass is 15.1. The molecule has 1 saturated carbocycles. The number of nitrogens with zero attached hydrogens (tertiary/aromatic N) is 1. The standard InChI is InChI=1S/C17H25N/c1-18(13-14-7-3-2-4-8-14)17-12-11-15-9-5-6-10-16(15)17/h5-6,9-10,14,17H,2-4,7-8,11-13H2,1H3. The Morgan fingerprint density at radius 1 is 1.06 bits per heavy atom. The van der Waals surface area contributed by atoms with Crippen LogP contribution in [0.2, 0.25) is 0 Å². The zero-order valence-corrected chi connectivity index (χ0v) is 11.6. The zero-order chi connectivity index (χ0) is 12.4. The summed E-state index contributed by atoms with van der Waals surface area (Å²) >= 11 is 0. The van der Waals surface area contributed by atoms with E-state index < -0.39 is 0 Å². The topological polar surface area (TPSA) is 3.24 Å². The van der Waals surface area contributed by atoms with Crippen molar-refractivity contribution in [1.82, 2.24) is 4.90 Å². The van der Waals surface area contributed by atoms with Crippen LogP contribution in [0.25, 0.3) is 0 Å². The molecule has 1 unspecified atom stereocenters. The lowest BCUT2D eigenvalue weighted by molar-refractivity contribution is 0.182. The van der Waals surface area contributed by atoms with Crippen LogP contribution in [0.3, 0.4) is 0 Å². The van der Waals surface area contributed by atoms with Crippen molar-refractivity contribution in [2.24, 2.45) is 5.92 Å². The van der Waals surface area contributed by atoms with Crippen molar-refractivity contribution in [3.05, 3.63) is 35.4 Å². The van der Waals surface area contributed by atoms with Gasteiger partial charge in [0, 0.05) is 12.6 Å². The second-order valence-electron chi connectivity index (χ2n) is 6.20. The molecule has 1 atom stereocenters. The van der Waals surface area contributed by atoms with Gasteiger partial charge in [0.05, 0.1) is 0 Å². The third-order valence-corrected chi connectivity index (χ3v) is 4.90. The lowest BCUT2D eigenvalue weighted by atomic mass is 9.88. The maximum Gasteiger partial charge on any atom is 0.0351 e. The van der Waals surface area contributed by atoms with Crippen LogP contribution in [0, 0.1) is 5.92 Å². The molecule has 0 spiro atoms. The molecule has 1 aromatic rings. The molecule has 0 aromatic heterocycles. The molecule has 1 aromatic carbocycles. The number of hydrogen-bond acceptors (Lipinski definition) is 1. The van der Waals surface area contributed by atoms with Gasteiger partial charge in [-0.1, -0.05) is 43.5 Å². The van der Waals surface area contributed by atoms with Gasteiger partial charge in [-0.2, -0.15) is 0 Å². The number of hydrogen-bond donors (Lipinski definition) is 0. The normalized spacial score (nSPS) is 24.4. The summed E-state index contributed by atoms with van der Waals surface area (Å²) in [5.41, 5.74) is 3.17. The Bertz CT molecular complexity index is 392. The third kappa shape index (κ3) is 2.47. The first-order valence-corrected chi connectivity index (χ1v) is 7.62. The minimum atomic E-state index is 0.683. The van der Waals surface area contributed by atoms with Crippen molar-refractivity contribution in [1.29, 1.82) is 0 Å². The average Bonchev–Trinajstić information content (AvgIpc) is 2.84. The first kappa shape index (κ1) is 12.2. The SMILES string of the molecule is CN(CC1CCCCC1)C1CCc2ccccc21. The van der Waals surface area contributed by atoms with Gasteiger partial charge in [-0.05, 0) is 49.8 Å². The van der Waals surface area contributed by atoms with Crippen molar-refractivity contribution in [2.45, 2.75) is 51.0 Å². The van der Waals surface area contributed by atoms with E-state index in [1.807, 2.05) is 0 Å². The van der Waals surface area contributed by atoms with Crippen LogP contribution < -0.4 is 0 Å². The lowest BCUT2D eigenvalue weighted by Crippen LogP contribution is -2.29. The van der Waals surface area contributed by atoms with Gasteiger partial charge in [-0.15, -0.1) is 0 Å². The van der Waals surface area contributed by atoms with Crippen LogP contribution in [0.15, 0.2) is 24.3 Å². The van der Waals surface area contributed by atoms with E-state index in [1.165, 1.54) is 51.5 Å². The lowest BCUT2D eigenvalue weighted by Gasteiger charge is -2.31. The third-order valence-electron chi connectivity index (χ3n) is 4.90. The van der Waals surface area contributed by atoms with Gasteiger partial charge >= 0.3 is 0 Å². The number of aryl methyl sites for hydroxylation is 1. The first-order valence-electron chi connectivity index (χ1n) is 7.62. The molecule has 98 valence electrons. The fourth-order valence-electron chi connectivity index (χ4n) is 3.90. The molecule has 1 heteroatoms. The predicted molar refractivity (Wildman–Crippen MR) is 76.7 cm³/mol. The molecule has 0 heterocycles. The van der Waals surface area contributed by atoms with Crippen LogP contribution in [-0.4, -0.2) is 18.5 Å². The summed E-state index contributed by atoms with van der Waals surface area (Å²) in [6.07, 6.45) is 9.89. The Morgan fingerprint density at radius 2 is 1.83 bits per heavy atom. The summed E-state index contributed by atoms with van der Waals surface area (Å²) in [4.78, 5) is 2.63. The van der Waals surface area contributed by atoms with Gasteiger partial charge in [-0.3, -0.25) is 4.90 Å². The van der Waals surface area contributed by atoms with E-state index in [2.05, 4.69) is 36.2 Å². The second kappa shape index (κ2) is 5.44. The van der Waals surface area contributed by atoms with Crippen LogP contribution in [0.4, 0.5) is 0 Å². The van der Waals surface area contributed by atoms with Gasteiger partial charge in [-0.25, -0.2) is 0 Å². The predicted octanol–water partition coefficient (Wildman–Crippen LogP) is 4.19. The van der Waals surface area contributed by atoms with Gasteiger partial charge in [0.15, 0.2) is 0 Å². The van der Waals surface area contributed by atoms with Crippen molar-refractivity contribution >= 4 is 0 Å². The van der Waals surface area contributed by atoms with Crippen molar-refractivity contribution < 1.29 is 0 Å². The number of benzene rings is 1. The van der Waals surface area contributed by atoms with Gasteiger partial charge < -0.3 is 0 Å². The molecule has 2 aliphatic carbocycles. The average molecular weight is 243 g/mol. The maximum absolute atomic E-state index is 2.63. The van der Waals surface area contributed by atoms with Gasteiger partial charge in [0.1, 0.15) is 0 Å². The number of fused-ring (bicyclic) bond motifs is 1. The van der Waals surface area contributed by atoms with Gasteiger partial charge in [0.2, 0.25) is 0 Å². The summed E-state index contributed by atoms with van der Waals surface area (Å²) in [5, 5.41) is 0. The summed E-state index contributed by atoms with van der Waals surface area (Å²) in [6, 6.07) is 9.71. The molecule has 0 aliphatic heterocycles. The van der Waals surface area contributed by atoms with E-state index in [0.29, 0.717) is 6.04 Å². The molecule has 0 bridgehead atoms. The molecule has 0 N–H and O–H groups in total. The molecule has 18 heavy (non-hydrogen) atoms. The quantitative estimate of drug-likeness (QED) is 0.769. The molecule has 0 amide bonds. The highest BCUT2D eigenvalue weighted by Gasteiger charge is 2.27. The Hall–Kier alpha value is -0.820. The van der Waals surface area contributed by atoms with Crippen molar-refractivity contribution in [3.63, 3.8) is 0 Å².